The summed E-state index contributed by atoms with van der Waals surface area (Å²) in [5, 5.41) is 0. The van der Waals surface area contributed by atoms with Crippen LogP contribution in [0.15, 0.2) is 12.7 Å². The Morgan fingerprint density at radius 2 is 1.95 bits per heavy atom. The molecule has 3 fully saturated rings. The summed E-state index contributed by atoms with van der Waals surface area (Å²) >= 11 is 0. The van der Waals surface area contributed by atoms with E-state index < -0.39 is 0 Å². The van der Waals surface area contributed by atoms with E-state index in [1.165, 1.54) is 38.5 Å². The Kier molecular flexibility index (Phi) is 3.13. The molecule has 0 aromatic rings. The van der Waals surface area contributed by atoms with Crippen LogP contribution in [0.2, 0.25) is 0 Å². The van der Waals surface area contributed by atoms with Gasteiger partial charge in [-0.3, -0.25) is 0 Å². The van der Waals surface area contributed by atoms with Crippen LogP contribution in [0.25, 0.3) is 0 Å². The topological polar surface area (TPSA) is 12.5 Å². The first-order valence-corrected chi connectivity index (χ1v) is 8.19. The second-order valence-electron chi connectivity index (χ2n) is 8.21. The largest absolute Gasteiger partial charge is 0.369 e. The molecule has 0 unspecified atom stereocenters. The fraction of sp³-hybridized carbons (Fsp3) is 0.889. The van der Waals surface area contributed by atoms with Gasteiger partial charge < -0.3 is 4.74 Å². The molecular formula is C18H30O. The van der Waals surface area contributed by atoms with Crippen LogP contribution in [0.4, 0.5) is 0 Å². The molecule has 3 aliphatic rings. The number of hydrogen-bond donors (Lipinski definition) is 0. The van der Waals surface area contributed by atoms with Crippen LogP contribution in [0.5, 0.6) is 0 Å². The summed E-state index contributed by atoms with van der Waals surface area (Å²) < 4.78 is 5.99. The van der Waals surface area contributed by atoms with Crippen LogP contribution >= 0.6 is 0 Å². The SMILES string of the molecule is C=CCC[C@H]1[C@]2(CC[C@H]3C(C)(C)CCC[C@@]31C)CO2. The number of fused-ring (bicyclic) bond motifs is 1. The second kappa shape index (κ2) is 4.35. The first-order chi connectivity index (χ1) is 8.95. The van der Waals surface area contributed by atoms with Gasteiger partial charge in [-0.1, -0.05) is 33.3 Å². The Morgan fingerprint density at radius 3 is 2.58 bits per heavy atom. The zero-order valence-corrected chi connectivity index (χ0v) is 13.0. The molecule has 1 nitrogen and oxygen atoms in total. The van der Waals surface area contributed by atoms with Crippen molar-refractivity contribution in [1.29, 1.82) is 0 Å². The van der Waals surface area contributed by atoms with Crippen molar-refractivity contribution < 1.29 is 4.74 Å². The van der Waals surface area contributed by atoms with Gasteiger partial charge in [0, 0.05) is 0 Å². The maximum Gasteiger partial charge on any atom is 0.0950 e. The maximum atomic E-state index is 5.99. The Bertz CT molecular complexity index is 366. The van der Waals surface area contributed by atoms with Crippen molar-refractivity contribution in [2.24, 2.45) is 22.7 Å². The number of ether oxygens (including phenoxy) is 1. The fourth-order valence-electron chi connectivity index (χ4n) is 5.78. The molecule has 0 bridgehead atoms. The quantitative estimate of drug-likeness (QED) is 0.517. The highest BCUT2D eigenvalue weighted by Crippen LogP contribution is 2.66. The van der Waals surface area contributed by atoms with E-state index in [1.807, 2.05) is 0 Å². The molecule has 4 atom stereocenters. The van der Waals surface area contributed by atoms with E-state index in [1.54, 1.807) is 0 Å². The predicted molar refractivity (Wildman–Crippen MR) is 80.1 cm³/mol. The Morgan fingerprint density at radius 1 is 1.21 bits per heavy atom. The first-order valence-electron chi connectivity index (χ1n) is 8.19. The minimum absolute atomic E-state index is 0.266. The summed E-state index contributed by atoms with van der Waals surface area (Å²) in [6.07, 6.45) is 11.4. The molecule has 1 aliphatic heterocycles. The molecule has 2 saturated carbocycles. The number of epoxide rings is 1. The molecule has 1 saturated heterocycles. The Labute approximate surface area is 118 Å². The summed E-state index contributed by atoms with van der Waals surface area (Å²) in [6.45, 7) is 12.5. The minimum Gasteiger partial charge on any atom is -0.369 e. The smallest absolute Gasteiger partial charge is 0.0950 e. The van der Waals surface area contributed by atoms with Gasteiger partial charge >= 0.3 is 0 Å². The van der Waals surface area contributed by atoms with Crippen LogP contribution in [0.1, 0.15) is 65.7 Å². The van der Waals surface area contributed by atoms with Gasteiger partial charge in [-0.2, -0.15) is 0 Å². The molecular weight excluding hydrogens is 232 g/mol. The summed E-state index contributed by atoms with van der Waals surface area (Å²) in [5.41, 5.74) is 1.29. The van der Waals surface area contributed by atoms with Crippen LogP contribution in [-0.4, -0.2) is 12.2 Å². The summed E-state index contributed by atoms with van der Waals surface area (Å²) in [6, 6.07) is 0. The van der Waals surface area contributed by atoms with Crippen LogP contribution in [-0.2, 0) is 4.74 Å². The van der Waals surface area contributed by atoms with Gasteiger partial charge in [-0.05, 0) is 61.2 Å². The van der Waals surface area contributed by atoms with Crippen molar-refractivity contribution in [2.75, 3.05) is 6.61 Å². The third-order valence-corrected chi connectivity index (χ3v) is 6.74. The maximum absolute atomic E-state index is 5.99. The lowest BCUT2D eigenvalue weighted by Gasteiger charge is -2.59. The molecule has 0 aromatic heterocycles. The molecule has 0 radical (unpaired) electrons. The van der Waals surface area contributed by atoms with E-state index in [0.717, 1.165) is 24.9 Å². The zero-order valence-electron chi connectivity index (χ0n) is 13.0. The van der Waals surface area contributed by atoms with E-state index >= 15 is 0 Å². The van der Waals surface area contributed by atoms with Crippen molar-refractivity contribution in [1.82, 2.24) is 0 Å². The molecule has 0 aromatic carbocycles. The lowest BCUT2D eigenvalue weighted by Crippen LogP contribution is -2.54. The van der Waals surface area contributed by atoms with Crippen LogP contribution < -0.4 is 0 Å². The molecule has 2 aliphatic carbocycles. The number of rotatable bonds is 3. The van der Waals surface area contributed by atoms with Gasteiger partial charge in [0.1, 0.15) is 0 Å². The third kappa shape index (κ3) is 2.00. The van der Waals surface area contributed by atoms with Crippen molar-refractivity contribution >= 4 is 0 Å². The van der Waals surface area contributed by atoms with Gasteiger partial charge in [0.25, 0.3) is 0 Å². The average Bonchev–Trinajstić information content (AvgIpc) is 3.08. The van der Waals surface area contributed by atoms with Gasteiger partial charge in [0.2, 0.25) is 0 Å². The lowest BCUT2D eigenvalue weighted by atomic mass is 9.46. The third-order valence-electron chi connectivity index (χ3n) is 6.74. The number of hydrogen-bond acceptors (Lipinski definition) is 1. The zero-order chi connectivity index (χ0) is 13.7. The highest BCUT2D eigenvalue weighted by Gasteiger charge is 2.64. The molecule has 0 amide bonds. The highest BCUT2D eigenvalue weighted by atomic mass is 16.6. The summed E-state index contributed by atoms with van der Waals surface area (Å²) in [7, 11) is 0. The molecule has 1 heteroatoms. The van der Waals surface area contributed by atoms with Crippen molar-refractivity contribution in [3.05, 3.63) is 12.7 Å². The highest BCUT2D eigenvalue weighted by molar-refractivity contribution is 5.13. The van der Waals surface area contributed by atoms with Crippen molar-refractivity contribution in [3.8, 4) is 0 Å². The monoisotopic (exact) mass is 262 g/mol. The Balaban J connectivity index is 1.91. The van der Waals surface area contributed by atoms with E-state index in [9.17, 15) is 0 Å². The van der Waals surface area contributed by atoms with Crippen molar-refractivity contribution in [3.63, 3.8) is 0 Å². The normalized spacial score (nSPS) is 47.7. The van der Waals surface area contributed by atoms with E-state index in [2.05, 4.69) is 33.4 Å². The molecule has 108 valence electrons. The average molecular weight is 262 g/mol. The Hall–Kier alpha value is -0.300. The molecule has 1 spiro atoms. The molecule has 0 N–H and O–H groups in total. The standard InChI is InChI=1S/C18H30O/c1-5-6-8-15-17(4)11-7-10-16(2,3)14(17)9-12-18(15)13-19-18/h5,14-15H,1,6-13H2,2-4H3/t14-,15+,17-,18-/m0/s1. The van der Waals surface area contributed by atoms with Crippen LogP contribution in [0, 0.1) is 22.7 Å². The predicted octanol–water partition coefficient (Wildman–Crippen LogP) is 4.96. The van der Waals surface area contributed by atoms with Gasteiger partial charge in [-0.15, -0.1) is 6.58 Å². The fourth-order valence-corrected chi connectivity index (χ4v) is 5.78. The van der Waals surface area contributed by atoms with Gasteiger partial charge in [-0.25, -0.2) is 0 Å². The van der Waals surface area contributed by atoms with Gasteiger partial charge in [0.05, 0.1) is 12.2 Å². The molecule has 19 heavy (non-hydrogen) atoms. The second-order valence-corrected chi connectivity index (χ2v) is 8.21. The first kappa shape index (κ1) is 13.7. The van der Waals surface area contributed by atoms with E-state index in [-0.39, 0.29) is 5.60 Å². The molecule has 1 heterocycles. The van der Waals surface area contributed by atoms with Crippen molar-refractivity contribution in [2.45, 2.75) is 71.3 Å². The minimum atomic E-state index is 0.266. The molecule has 3 rings (SSSR count). The van der Waals surface area contributed by atoms with Gasteiger partial charge in [0.15, 0.2) is 0 Å². The number of allylic oxidation sites excluding steroid dienone is 1. The summed E-state index contributed by atoms with van der Waals surface area (Å²) in [4.78, 5) is 0. The van der Waals surface area contributed by atoms with E-state index in [4.69, 9.17) is 4.74 Å². The van der Waals surface area contributed by atoms with E-state index in [0.29, 0.717) is 10.8 Å². The summed E-state index contributed by atoms with van der Waals surface area (Å²) in [5.74, 6) is 1.65. The van der Waals surface area contributed by atoms with Crippen LogP contribution in [0.3, 0.4) is 0 Å². The lowest BCUT2D eigenvalue weighted by molar-refractivity contribution is -0.107.